The summed E-state index contributed by atoms with van der Waals surface area (Å²) in [4.78, 5) is 73.3. The minimum absolute atomic E-state index is 0.109. The van der Waals surface area contributed by atoms with Gasteiger partial charge in [-0.2, -0.15) is 0 Å². The Kier molecular flexibility index (Phi) is 79.2. The van der Waals surface area contributed by atoms with Gasteiger partial charge in [-0.25, -0.2) is 9.13 Å². The highest BCUT2D eigenvalue weighted by Gasteiger charge is 2.30. The van der Waals surface area contributed by atoms with Crippen LogP contribution in [0, 0.1) is 5.92 Å². The quantitative estimate of drug-likeness (QED) is 0.0222. The van der Waals surface area contributed by atoms with Crippen LogP contribution in [0.1, 0.15) is 478 Å². The Morgan fingerprint density at radius 2 is 0.430 bits per heavy atom. The molecule has 0 heterocycles. The van der Waals surface area contributed by atoms with E-state index in [9.17, 15) is 43.2 Å². The Bertz CT molecular complexity index is 2030. The number of hydrogen-bond acceptors (Lipinski definition) is 15. The average molecular weight is 1560 g/mol. The molecule has 2 unspecified atom stereocenters. The fraction of sp³-hybridized carbons (Fsp3) is 0.955. The lowest BCUT2D eigenvalue weighted by Crippen LogP contribution is -2.30. The van der Waals surface area contributed by atoms with Crippen LogP contribution >= 0.6 is 15.6 Å². The van der Waals surface area contributed by atoms with Gasteiger partial charge in [0, 0.05) is 25.7 Å². The largest absolute Gasteiger partial charge is 0.472 e. The number of aliphatic hydroxyl groups excluding tert-OH is 1. The van der Waals surface area contributed by atoms with Gasteiger partial charge in [-0.1, -0.05) is 426 Å². The van der Waals surface area contributed by atoms with Crippen molar-refractivity contribution in [2.75, 3.05) is 39.6 Å². The summed E-state index contributed by atoms with van der Waals surface area (Å²) in [5.74, 6) is -1.28. The number of unbranched alkanes of at least 4 members (excludes halogenated alkanes) is 60. The minimum Gasteiger partial charge on any atom is -0.462 e. The van der Waals surface area contributed by atoms with Crippen molar-refractivity contribution in [3.05, 3.63) is 0 Å². The molecular formula is C88H172O17P2. The van der Waals surface area contributed by atoms with Crippen molar-refractivity contribution in [1.82, 2.24) is 0 Å². The molecule has 0 rings (SSSR count). The maximum atomic E-state index is 13.2. The van der Waals surface area contributed by atoms with Crippen LogP contribution in [0.3, 0.4) is 0 Å². The zero-order valence-electron chi connectivity index (χ0n) is 70.3. The van der Waals surface area contributed by atoms with E-state index in [2.05, 4.69) is 34.6 Å². The summed E-state index contributed by atoms with van der Waals surface area (Å²) in [6.07, 6.45) is 75.0. The molecule has 0 fully saturated rings. The van der Waals surface area contributed by atoms with Crippen molar-refractivity contribution in [2.24, 2.45) is 5.92 Å². The van der Waals surface area contributed by atoms with Gasteiger partial charge in [-0.3, -0.25) is 37.3 Å². The summed E-state index contributed by atoms with van der Waals surface area (Å²) in [5.41, 5.74) is 0. The lowest BCUT2D eigenvalue weighted by atomic mass is 10.0. The van der Waals surface area contributed by atoms with E-state index < -0.39 is 97.5 Å². The highest BCUT2D eigenvalue weighted by molar-refractivity contribution is 7.47. The van der Waals surface area contributed by atoms with Gasteiger partial charge in [0.1, 0.15) is 19.3 Å². The van der Waals surface area contributed by atoms with E-state index >= 15 is 0 Å². The van der Waals surface area contributed by atoms with E-state index in [1.807, 2.05) is 0 Å². The van der Waals surface area contributed by atoms with Crippen LogP contribution < -0.4 is 0 Å². The fourth-order valence-corrected chi connectivity index (χ4v) is 15.4. The molecule has 19 heteroatoms. The monoisotopic (exact) mass is 1560 g/mol. The molecule has 107 heavy (non-hydrogen) atoms. The van der Waals surface area contributed by atoms with Gasteiger partial charge in [-0.05, 0) is 31.6 Å². The Morgan fingerprint density at radius 1 is 0.252 bits per heavy atom. The molecule has 0 aromatic carbocycles. The van der Waals surface area contributed by atoms with Crippen molar-refractivity contribution < 1.29 is 80.2 Å². The molecule has 0 aliphatic carbocycles. The predicted molar refractivity (Wildman–Crippen MR) is 442 cm³/mol. The van der Waals surface area contributed by atoms with E-state index in [0.717, 1.165) is 95.8 Å². The number of phosphoric ester groups is 2. The number of ether oxygens (including phenoxy) is 4. The van der Waals surface area contributed by atoms with Crippen LogP contribution in [0.25, 0.3) is 0 Å². The second kappa shape index (κ2) is 80.7. The molecule has 0 radical (unpaired) electrons. The first-order chi connectivity index (χ1) is 52.0. The summed E-state index contributed by atoms with van der Waals surface area (Å²) >= 11 is 0. The van der Waals surface area contributed by atoms with Gasteiger partial charge in [0.25, 0.3) is 0 Å². The summed E-state index contributed by atoms with van der Waals surface area (Å²) < 4.78 is 68.9. The maximum Gasteiger partial charge on any atom is 0.472 e. The molecule has 0 aliphatic rings. The Morgan fingerprint density at radius 3 is 0.636 bits per heavy atom. The minimum atomic E-state index is -4.97. The lowest BCUT2D eigenvalue weighted by molar-refractivity contribution is -0.161. The van der Waals surface area contributed by atoms with Crippen LogP contribution in [0.4, 0.5) is 0 Å². The third-order valence-electron chi connectivity index (χ3n) is 20.8. The van der Waals surface area contributed by atoms with Gasteiger partial charge >= 0.3 is 39.5 Å². The van der Waals surface area contributed by atoms with Gasteiger partial charge in [0.2, 0.25) is 0 Å². The molecular weight excluding hydrogens is 1390 g/mol. The second-order valence-corrected chi connectivity index (χ2v) is 35.0. The summed E-state index contributed by atoms with van der Waals surface area (Å²) in [7, 11) is -9.93. The summed E-state index contributed by atoms with van der Waals surface area (Å²) in [6, 6.07) is 0. The van der Waals surface area contributed by atoms with Crippen molar-refractivity contribution >= 4 is 39.5 Å². The maximum absolute atomic E-state index is 13.2. The molecule has 0 amide bonds. The van der Waals surface area contributed by atoms with Crippen molar-refractivity contribution in [3.63, 3.8) is 0 Å². The first-order valence-corrected chi connectivity index (χ1v) is 48.6. The molecule has 0 spiro atoms. The standard InChI is InChI=1S/C88H172O17P2/c1-6-9-12-15-18-21-24-26-28-30-31-32-36-40-43-47-52-57-62-67-72-86(91)99-78-84(105-88(93)74-69-64-59-54-49-45-41-37-34-33-35-38-42-46-50-55-60-65-70-81(4)5)80-103-107(96,97)101-76-82(89)75-100-106(94,95)102-79-83(77-98-85(90)71-66-61-56-51-23-20-17-14-11-8-3)104-87(92)73-68-63-58-53-48-44-39-29-27-25-22-19-16-13-10-7-2/h81-84,89H,6-80H2,1-5H3,(H,94,95)(H,96,97)/t82-,83+,84+/m0/s1. The van der Waals surface area contributed by atoms with Crippen LogP contribution in [0.2, 0.25) is 0 Å². The zero-order valence-corrected chi connectivity index (χ0v) is 72.1. The third-order valence-corrected chi connectivity index (χ3v) is 22.7. The van der Waals surface area contributed by atoms with E-state index in [1.54, 1.807) is 0 Å². The SMILES string of the molecule is CCCCCCCCCCCCCCCCCCCCCCC(=O)OC[C@H](COP(=O)(O)OC[C@@H](O)COP(=O)(O)OC[C@@H](COC(=O)CCCCCCCCCCCC)OC(=O)CCCCCCCCCCCCCCCCCC)OC(=O)CCCCCCCCCCCCCCCCCCCCC(C)C. The molecule has 5 atom stereocenters. The molecule has 0 aliphatic heterocycles. The molecule has 3 N–H and O–H groups in total. The lowest BCUT2D eigenvalue weighted by Gasteiger charge is -2.21. The van der Waals surface area contributed by atoms with Crippen LogP contribution in [0.5, 0.6) is 0 Å². The van der Waals surface area contributed by atoms with Crippen molar-refractivity contribution in [2.45, 2.75) is 496 Å². The van der Waals surface area contributed by atoms with Gasteiger partial charge in [0.15, 0.2) is 12.2 Å². The Hall–Kier alpha value is -1.94. The number of carbonyl (C=O) groups is 4. The van der Waals surface area contributed by atoms with Gasteiger partial charge < -0.3 is 33.8 Å². The van der Waals surface area contributed by atoms with Gasteiger partial charge in [0.05, 0.1) is 26.4 Å². The molecule has 0 bridgehead atoms. The third kappa shape index (κ3) is 81.9. The summed E-state index contributed by atoms with van der Waals surface area (Å²) in [6.45, 7) is 7.41. The van der Waals surface area contributed by atoms with Crippen LogP contribution in [-0.2, 0) is 65.4 Å². The van der Waals surface area contributed by atoms with Crippen molar-refractivity contribution in [1.29, 1.82) is 0 Å². The van der Waals surface area contributed by atoms with E-state index in [-0.39, 0.29) is 25.7 Å². The predicted octanol–water partition coefficient (Wildman–Crippen LogP) is 27.2. The zero-order chi connectivity index (χ0) is 78.3. The molecule has 636 valence electrons. The number of hydrogen-bond donors (Lipinski definition) is 3. The Balaban J connectivity index is 5.21. The van der Waals surface area contributed by atoms with Crippen molar-refractivity contribution in [3.8, 4) is 0 Å². The molecule has 17 nitrogen and oxygen atoms in total. The number of aliphatic hydroxyl groups is 1. The smallest absolute Gasteiger partial charge is 0.462 e. The van der Waals surface area contributed by atoms with E-state index in [4.69, 9.17) is 37.0 Å². The van der Waals surface area contributed by atoms with Crippen LogP contribution in [-0.4, -0.2) is 96.7 Å². The fourth-order valence-electron chi connectivity index (χ4n) is 13.8. The first-order valence-electron chi connectivity index (χ1n) is 45.6. The average Bonchev–Trinajstić information content (AvgIpc) is 0.902. The molecule has 0 aromatic heterocycles. The molecule has 0 aromatic rings. The number of rotatable bonds is 88. The number of esters is 4. The van der Waals surface area contributed by atoms with E-state index in [0.29, 0.717) is 25.7 Å². The van der Waals surface area contributed by atoms with E-state index in [1.165, 1.54) is 302 Å². The topological polar surface area (TPSA) is 237 Å². The summed E-state index contributed by atoms with van der Waals surface area (Å²) in [5, 5.41) is 10.7. The highest BCUT2D eigenvalue weighted by atomic mass is 31.2. The molecule has 0 saturated carbocycles. The molecule has 0 saturated heterocycles. The van der Waals surface area contributed by atoms with Crippen LogP contribution in [0.15, 0.2) is 0 Å². The number of carbonyl (C=O) groups excluding carboxylic acids is 4. The number of phosphoric acid groups is 2. The normalized spacial score (nSPS) is 13.7. The second-order valence-electron chi connectivity index (χ2n) is 32.1. The highest BCUT2D eigenvalue weighted by Crippen LogP contribution is 2.45. The Labute approximate surface area is 658 Å². The van der Waals surface area contributed by atoms with Gasteiger partial charge in [-0.15, -0.1) is 0 Å². The first kappa shape index (κ1) is 105.